The molecule has 0 unspecified atom stereocenters. The molecule has 0 spiro atoms. The SMILES string of the molecule is CC(C)c1ccc(C(=O)N2c3ccccc3Sc3ccc(Cl)cc32)cc1. The van der Waals surface area contributed by atoms with Gasteiger partial charge in [-0.2, -0.15) is 0 Å². The first kappa shape index (κ1) is 17.2. The smallest absolute Gasteiger partial charge is 0.262 e. The number of carbonyl (C=O) groups excluding carboxylic acids is 1. The Bertz CT molecular complexity index is 982. The van der Waals surface area contributed by atoms with Gasteiger partial charge in [0.1, 0.15) is 0 Å². The van der Waals surface area contributed by atoms with E-state index in [4.69, 9.17) is 11.6 Å². The molecule has 0 radical (unpaired) electrons. The summed E-state index contributed by atoms with van der Waals surface area (Å²) in [5.74, 6) is 0.391. The molecule has 1 aliphatic heterocycles. The van der Waals surface area contributed by atoms with Crippen molar-refractivity contribution >= 4 is 40.6 Å². The van der Waals surface area contributed by atoms with Crippen molar-refractivity contribution in [1.29, 1.82) is 0 Å². The maximum atomic E-state index is 13.4. The summed E-state index contributed by atoms with van der Waals surface area (Å²) in [7, 11) is 0. The highest BCUT2D eigenvalue weighted by Crippen LogP contribution is 2.49. The maximum absolute atomic E-state index is 13.4. The molecule has 3 aromatic rings. The highest BCUT2D eigenvalue weighted by molar-refractivity contribution is 7.99. The van der Waals surface area contributed by atoms with E-state index in [9.17, 15) is 4.79 Å². The van der Waals surface area contributed by atoms with E-state index in [0.29, 0.717) is 16.5 Å². The van der Waals surface area contributed by atoms with Crippen molar-refractivity contribution in [3.8, 4) is 0 Å². The number of amides is 1. The normalized spacial score (nSPS) is 12.7. The van der Waals surface area contributed by atoms with E-state index in [1.807, 2.05) is 66.7 Å². The highest BCUT2D eigenvalue weighted by atomic mass is 35.5. The molecule has 0 N–H and O–H groups in total. The molecule has 1 amide bonds. The first-order chi connectivity index (χ1) is 12.5. The van der Waals surface area contributed by atoms with Crippen molar-refractivity contribution in [2.75, 3.05) is 4.90 Å². The number of carbonyl (C=O) groups is 1. The maximum Gasteiger partial charge on any atom is 0.262 e. The molecule has 0 aromatic heterocycles. The summed E-state index contributed by atoms with van der Waals surface area (Å²) < 4.78 is 0. The summed E-state index contributed by atoms with van der Waals surface area (Å²) in [5, 5.41) is 0.622. The third kappa shape index (κ3) is 3.02. The number of hydrogen-bond acceptors (Lipinski definition) is 2. The van der Waals surface area contributed by atoms with E-state index < -0.39 is 0 Å². The zero-order valence-corrected chi connectivity index (χ0v) is 16.1. The number of hydrogen-bond donors (Lipinski definition) is 0. The summed E-state index contributed by atoms with van der Waals surface area (Å²) in [6.07, 6.45) is 0. The van der Waals surface area contributed by atoms with Crippen molar-refractivity contribution in [2.45, 2.75) is 29.6 Å². The molecule has 3 aromatic carbocycles. The van der Waals surface area contributed by atoms with Crippen LogP contribution in [0, 0.1) is 0 Å². The number of benzene rings is 3. The minimum absolute atomic E-state index is 0.0448. The zero-order valence-electron chi connectivity index (χ0n) is 14.6. The van der Waals surface area contributed by atoms with Crippen molar-refractivity contribution in [3.63, 3.8) is 0 Å². The Hall–Kier alpha value is -2.23. The fraction of sp³-hybridized carbons (Fsp3) is 0.136. The summed E-state index contributed by atoms with van der Waals surface area (Å²) in [5.41, 5.74) is 3.62. The number of fused-ring (bicyclic) bond motifs is 2. The van der Waals surface area contributed by atoms with E-state index in [-0.39, 0.29) is 5.91 Å². The van der Waals surface area contributed by atoms with E-state index >= 15 is 0 Å². The van der Waals surface area contributed by atoms with Gasteiger partial charge in [-0.25, -0.2) is 0 Å². The number of anilines is 2. The van der Waals surface area contributed by atoms with Crippen LogP contribution in [0.5, 0.6) is 0 Å². The largest absolute Gasteiger partial charge is 0.275 e. The molecule has 130 valence electrons. The molecule has 0 fully saturated rings. The second-order valence-electron chi connectivity index (χ2n) is 6.60. The molecule has 2 nitrogen and oxygen atoms in total. The number of nitrogens with zero attached hydrogens (tertiary/aromatic N) is 1. The molecule has 0 aliphatic carbocycles. The van der Waals surface area contributed by atoms with E-state index in [1.165, 1.54) is 5.56 Å². The Morgan fingerprint density at radius 2 is 1.62 bits per heavy atom. The number of para-hydroxylation sites is 1. The minimum atomic E-state index is -0.0448. The van der Waals surface area contributed by atoms with Gasteiger partial charge in [0, 0.05) is 20.4 Å². The second-order valence-corrected chi connectivity index (χ2v) is 8.12. The molecule has 26 heavy (non-hydrogen) atoms. The predicted molar refractivity (Wildman–Crippen MR) is 109 cm³/mol. The standard InChI is InChI=1S/C22H18ClNOS/c1-14(2)15-7-9-16(10-8-15)22(25)24-18-5-3-4-6-20(18)26-21-12-11-17(23)13-19(21)24/h3-14H,1-2H3. The van der Waals surface area contributed by atoms with Crippen LogP contribution in [0.3, 0.4) is 0 Å². The summed E-state index contributed by atoms with van der Waals surface area (Å²) in [6.45, 7) is 4.29. The molecule has 0 saturated heterocycles. The van der Waals surface area contributed by atoms with E-state index in [2.05, 4.69) is 13.8 Å². The quantitative estimate of drug-likeness (QED) is 0.482. The topological polar surface area (TPSA) is 20.3 Å². The Morgan fingerprint density at radius 3 is 2.35 bits per heavy atom. The number of halogens is 1. The van der Waals surface area contributed by atoms with Crippen LogP contribution in [0.1, 0.15) is 35.7 Å². The van der Waals surface area contributed by atoms with Crippen molar-refractivity contribution < 1.29 is 4.79 Å². The van der Waals surface area contributed by atoms with Crippen LogP contribution in [0.4, 0.5) is 11.4 Å². The fourth-order valence-corrected chi connectivity index (χ4v) is 4.29. The molecule has 4 heteroatoms. The van der Waals surface area contributed by atoms with Crippen LogP contribution in [-0.2, 0) is 0 Å². The second kappa shape index (κ2) is 6.82. The van der Waals surface area contributed by atoms with Crippen LogP contribution in [0.15, 0.2) is 76.5 Å². The first-order valence-electron chi connectivity index (χ1n) is 8.55. The van der Waals surface area contributed by atoms with Gasteiger partial charge in [0.15, 0.2) is 0 Å². The van der Waals surface area contributed by atoms with Gasteiger partial charge in [0.05, 0.1) is 11.4 Å². The van der Waals surface area contributed by atoms with Gasteiger partial charge in [-0.3, -0.25) is 9.69 Å². The van der Waals surface area contributed by atoms with Gasteiger partial charge in [0.25, 0.3) is 5.91 Å². The zero-order chi connectivity index (χ0) is 18.3. The predicted octanol–water partition coefficient (Wildman–Crippen LogP) is 6.91. The summed E-state index contributed by atoms with van der Waals surface area (Å²) in [6, 6.07) is 21.5. The van der Waals surface area contributed by atoms with Crippen LogP contribution in [0.2, 0.25) is 5.02 Å². The average Bonchev–Trinajstić information content (AvgIpc) is 2.66. The van der Waals surface area contributed by atoms with Crippen LogP contribution < -0.4 is 4.90 Å². The third-order valence-electron chi connectivity index (χ3n) is 4.52. The van der Waals surface area contributed by atoms with Crippen molar-refractivity contribution in [3.05, 3.63) is 82.9 Å². The lowest BCUT2D eigenvalue weighted by molar-refractivity contribution is 0.0998. The molecule has 0 atom stereocenters. The Balaban J connectivity index is 1.82. The molecule has 1 aliphatic rings. The summed E-state index contributed by atoms with van der Waals surface area (Å²) >= 11 is 7.89. The van der Waals surface area contributed by atoms with Crippen molar-refractivity contribution in [1.82, 2.24) is 0 Å². The Kier molecular flexibility index (Phi) is 4.51. The minimum Gasteiger partial charge on any atom is -0.275 e. The third-order valence-corrected chi connectivity index (χ3v) is 5.88. The molecule has 4 rings (SSSR count). The van der Waals surface area contributed by atoms with Crippen LogP contribution in [0.25, 0.3) is 0 Å². The van der Waals surface area contributed by atoms with Gasteiger partial charge in [0.2, 0.25) is 0 Å². The Morgan fingerprint density at radius 1 is 0.923 bits per heavy atom. The van der Waals surface area contributed by atoms with Crippen LogP contribution in [-0.4, -0.2) is 5.91 Å². The molecular formula is C22H18ClNOS. The lowest BCUT2D eigenvalue weighted by atomic mass is 10.0. The highest BCUT2D eigenvalue weighted by Gasteiger charge is 2.29. The molecule has 1 heterocycles. The lowest BCUT2D eigenvalue weighted by Gasteiger charge is -2.31. The van der Waals surface area contributed by atoms with E-state index in [0.717, 1.165) is 21.2 Å². The average molecular weight is 380 g/mol. The van der Waals surface area contributed by atoms with Gasteiger partial charge < -0.3 is 0 Å². The Labute approximate surface area is 162 Å². The van der Waals surface area contributed by atoms with E-state index in [1.54, 1.807) is 16.7 Å². The first-order valence-corrected chi connectivity index (χ1v) is 9.75. The monoisotopic (exact) mass is 379 g/mol. The van der Waals surface area contributed by atoms with Crippen LogP contribution >= 0.6 is 23.4 Å². The molecular weight excluding hydrogens is 362 g/mol. The molecule has 0 saturated carbocycles. The summed E-state index contributed by atoms with van der Waals surface area (Å²) in [4.78, 5) is 17.3. The fourth-order valence-electron chi connectivity index (χ4n) is 3.09. The number of rotatable bonds is 2. The van der Waals surface area contributed by atoms with Gasteiger partial charge in [-0.1, -0.05) is 61.5 Å². The van der Waals surface area contributed by atoms with Gasteiger partial charge in [-0.15, -0.1) is 0 Å². The lowest BCUT2D eigenvalue weighted by Crippen LogP contribution is -2.28. The molecule has 0 bridgehead atoms. The van der Waals surface area contributed by atoms with Gasteiger partial charge in [-0.05, 0) is 53.9 Å². The van der Waals surface area contributed by atoms with Gasteiger partial charge >= 0.3 is 0 Å². The van der Waals surface area contributed by atoms with Crippen molar-refractivity contribution in [2.24, 2.45) is 0 Å².